The SMILES string of the molecule is C=C(C)C(=O)NCCCNC(=O)C(=O)NCCCNC(=O)C(=C)C. The molecule has 0 aliphatic carbocycles. The fourth-order valence-electron chi connectivity index (χ4n) is 1.45. The average molecular weight is 338 g/mol. The Morgan fingerprint density at radius 3 is 1.08 bits per heavy atom. The van der Waals surface area contributed by atoms with E-state index in [1.807, 2.05) is 0 Å². The molecular weight excluding hydrogens is 312 g/mol. The minimum Gasteiger partial charge on any atom is -0.352 e. The van der Waals surface area contributed by atoms with Crippen molar-refractivity contribution in [1.29, 1.82) is 0 Å². The molecule has 0 rings (SSSR count). The van der Waals surface area contributed by atoms with E-state index in [4.69, 9.17) is 0 Å². The molecule has 0 saturated heterocycles. The molecule has 0 spiro atoms. The second-order valence-corrected chi connectivity index (χ2v) is 5.29. The number of hydrogen-bond acceptors (Lipinski definition) is 4. The first-order valence-corrected chi connectivity index (χ1v) is 7.69. The summed E-state index contributed by atoms with van der Waals surface area (Å²) in [5.41, 5.74) is 0.829. The zero-order valence-corrected chi connectivity index (χ0v) is 14.3. The van der Waals surface area contributed by atoms with Crippen molar-refractivity contribution in [3.63, 3.8) is 0 Å². The van der Waals surface area contributed by atoms with Gasteiger partial charge in [-0.3, -0.25) is 19.2 Å². The molecule has 0 heterocycles. The fourth-order valence-corrected chi connectivity index (χ4v) is 1.45. The minimum absolute atomic E-state index is 0.238. The van der Waals surface area contributed by atoms with Crippen molar-refractivity contribution >= 4 is 23.6 Å². The van der Waals surface area contributed by atoms with Crippen LogP contribution in [0.5, 0.6) is 0 Å². The van der Waals surface area contributed by atoms with Crippen LogP contribution < -0.4 is 21.3 Å². The molecule has 0 radical (unpaired) electrons. The normalized spacial score (nSPS) is 9.58. The molecule has 0 aromatic rings. The summed E-state index contributed by atoms with van der Waals surface area (Å²) in [5, 5.41) is 10.1. The third-order valence-corrected chi connectivity index (χ3v) is 2.83. The molecule has 24 heavy (non-hydrogen) atoms. The van der Waals surface area contributed by atoms with Gasteiger partial charge < -0.3 is 21.3 Å². The van der Waals surface area contributed by atoms with E-state index in [1.54, 1.807) is 13.8 Å². The third-order valence-electron chi connectivity index (χ3n) is 2.83. The van der Waals surface area contributed by atoms with E-state index in [-0.39, 0.29) is 24.9 Å². The topological polar surface area (TPSA) is 116 Å². The number of carbonyl (C=O) groups excluding carboxylic acids is 4. The lowest BCUT2D eigenvalue weighted by Gasteiger charge is -2.08. The fraction of sp³-hybridized carbons (Fsp3) is 0.500. The first kappa shape index (κ1) is 21.4. The molecular formula is C16H26N4O4. The number of carbonyl (C=O) groups is 4. The second kappa shape index (κ2) is 11.9. The summed E-state index contributed by atoms with van der Waals surface area (Å²) in [6.45, 7) is 11.5. The number of nitrogens with one attached hydrogen (secondary N) is 4. The van der Waals surface area contributed by atoms with Crippen molar-refractivity contribution in [3.05, 3.63) is 24.3 Å². The summed E-state index contributed by atoms with van der Waals surface area (Å²) in [6, 6.07) is 0. The van der Waals surface area contributed by atoms with Crippen LogP contribution in [0.1, 0.15) is 26.7 Å². The Bertz CT molecular complexity index is 468. The van der Waals surface area contributed by atoms with Crippen LogP contribution in [0.2, 0.25) is 0 Å². The zero-order chi connectivity index (χ0) is 18.5. The highest BCUT2D eigenvalue weighted by molar-refractivity contribution is 6.35. The van der Waals surface area contributed by atoms with Gasteiger partial charge in [-0.2, -0.15) is 0 Å². The first-order valence-electron chi connectivity index (χ1n) is 7.69. The van der Waals surface area contributed by atoms with Gasteiger partial charge in [-0.1, -0.05) is 13.2 Å². The van der Waals surface area contributed by atoms with Crippen molar-refractivity contribution in [2.45, 2.75) is 26.7 Å². The van der Waals surface area contributed by atoms with Crippen molar-refractivity contribution < 1.29 is 19.2 Å². The highest BCUT2D eigenvalue weighted by Gasteiger charge is 2.11. The van der Waals surface area contributed by atoms with Crippen molar-refractivity contribution in [2.75, 3.05) is 26.2 Å². The molecule has 0 aromatic carbocycles. The average Bonchev–Trinajstić information content (AvgIpc) is 2.52. The Kier molecular flexibility index (Phi) is 10.6. The smallest absolute Gasteiger partial charge is 0.309 e. The molecule has 0 saturated carbocycles. The molecule has 0 unspecified atom stereocenters. The van der Waals surface area contributed by atoms with Gasteiger partial charge in [0.05, 0.1) is 0 Å². The number of amides is 4. The largest absolute Gasteiger partial charge is 0.352 e. The molecule has 4 N–H and O–H groups in total. The lowest BCUT2D eigenvalue weighted by Crippen LogP contribution is -2.41. The summed E-state index contributed by atoms with van der Waals surface area (Å²) in [7, 11) is 0. The van der Waals surface area contributed by atoms with Gasteiger partial charge in [-0.05, 0) is 26.7 Å². The lowest BCUT2D eigenvalue weighted by molar-refractivity contribution is -0.139. The highest BCUT2D eigenvalue weighted by atomic mass is 16.2. The maximum Gasteiger partial charge on any atom is 0.309 e. The van der Waals surface area contributed by atoms with E-state index in [2.05, 4.69) is 34.4 Å². The van der Waals surface area contributed by atoms with Crippen LogP contribution in [0.25, 0.3) is 0 Å². The standard InChI is InChI=1S/C16H26N4O4/c1-11(2)13(21)17-7-5-9-19-15(23)16(24)20-10-6-8-18-14(22)12(3)4/h1,3,5-10H2,2,4H3,(H,17,21)(H,18,22)(H,19,23)(H,20,24). The summed E-state index contributed by atoms with van der Waals surface area (Å²) in [5.74, 6) is -1.94. The van der Waals surface area contributed by atoms with Crippen LogP contribution in [-0.2, 0) is 19.2 Å². The summed E-state index contributed by atoms with van der Waals surface area (Å²) in [6.07, 6.45) is 1.01. The molecule has 4 amide bonds. The number of rotatable bonds is 10. The van der Waals surface area contributed by atoms with Gasteiger partial charge in [0, 0.05) is 37.3 Å². The van der Waals surface area contributed by atoms with Crippen molar-refractivity contribution in [3.8, 4) is 0 Å². The Morgan fingerprint density at radius 1 is 0.583 bits per heavy atom. The zero-order valence-electron chi connectivity index (χ0n) is 14.3. The summed E-state index contributed by atoms with van der Waals surface area (Å²) >= 11 is 0. The van der Waals surface area contributed by atoms with Crippen molar-refractivity contribution in [1.82, 2.24) is 21.3 Å². The van der Waals surface area contributed by atoms with E-state index in [1.165, 1.54) is 0 Å². The number of hydrogen-bond donors (Lipinski definition) is 4. The van der Waals surface area contributed by atoms with Gasteiger partial charge >= 0.3 is 11.8 Å². The Hall–Kier alpha value is -2.64. The first-order chi connectivity index (χ1) is 11.3. The highest BCUT2D eigenvalue weighted by Crippen LogP contribution is 1.86. The predicted octanol–water partition coefficient (Wildman–Crippen LogP) is -0.616. The monoisotopic (exact) mass is 338 g/mol. The van der Waals surface area contributed by atoms with Gasteiger partial charge in [0.15, 0.2) is 0 Å². The Balaban J connectivity index is 3.68. The van der Waals surface area contributed by atoms with E-state index >= 15 is 0 Å². The van der Waals surface area contributed by atoms with E-state index in [0.717, 1.165) is 0 Å². The molecule has 0 atom stereocenters. The van der Waals surface area contributed by atoms with Gasteiger partial charge in [-0.15, -0.1) is 0 Å². The van der Waals surface area contributed by atoms with Gasteiger partial charge in [0.1, 0.15) is 0 Å². The molecule has 0 bridgehead atoms. The Morgan fingerprint density at radius 2 is 0.833 bits per heavy atom. The van der Waals surface area contributed by atoms with Crippen LogP contribution in [-0.4, -0.2) is 49.8 Å². The molecule has 0 fully saturated rings. The van der Waals surface area contributed by atoms with Gasteiger partial charge in [-0.25, -0.2) is 0 Å². The molecule has 134 valence electrons. The third kappa shape index (κ3) is 10.1. The summed E-state index contributed by atoms with van der Waals surface area (Å²) in [4.78, 5) is 45.4. The maximum atomic E-state index is 11.5. The molecule has 8 nitrogen and oxygen atoms in total. The van der Waals surface area contributed by atoms with Crippen molar-refractivity contribution in [2.24, 2.45) is 0 Å². The predicted molar refractivity (Wildman–Crippen MR) is 90.9 cm³/mol. The maximum absolute atomic E-state index is 11.5. The van der Waals surface area contributed by atoms with E-state index in [9.17, 15) is 19.2 Å². The quantitative estimate of drug-likeness (QED) is 0.241. The second-order valence-electron chi connectivity index (χ2n) is 5.29. The van der Waals surface area contributed by atoms with Crippen LogP contribution in [0, 0.1) is 0 Å². The minimum atomic E-state index is -0.729. The van der Waals surface area contributed by atoms with E-state index < -0.39 is 11.8 Å². The molecule has 0 aliphatic heterocycles. The van der Waals surface area contributed by atoms with E-state index in [0.29, 0.717) is 37.1 Å². The lowest BCUT2D eigenvalue weighted by atomic mass is 10.3. The van der Waals surface area contributed by atoms with Gasteiger partial charge in [0.25, 0.3) is 0 Å². The van der Waals surface area contributed by atoms with Crippen LogP contribution in [0.15, 0.2) is 24.3 Å². The Labute approximate surface area is 142 Å². The van der Waals surface area contributed by atoms with Crippen LogP contribution in [0.4, 0.5) is 0 Å². The van der Waals surface area contributed by atoms with Crippen LogP contribution >= 0.6 is 0 Å². The van der Waals surface area contributed by atoms with Crippen LogP contribution in [0.3, 0.4) is 0 Å². The molecule has 0 aromatic heterocycles. The molecule has 8 heteroatoms. The molecule has 0 aliphatic rings. The summed E-state index contributed by atoms with van der Waals surface area (Å²) < 4.78 is 0. The van der Waals surface area contributed by atoms with Gasteiger partial charge in [0.2, 0.25) is 11.8 Å².